The molecule has 324 valence electrons. The third kappa shape index (κ3) is 40.6. The van der Waals surface area contributed by atoms with E-state index in [1.807, 2.05) is 6.08 Å². The number of aliphatic hydroxyl groups excluding tert-OH is 3. The number of carbonyl (C=O) groups is 1. The highest BCUT2D eigenvalue weighted by Crippen LogP contribution is 2.16. The second-order valence-electron chi connectivity index (χ2n) is 16.7. The molecule has 0 aliphatic heterocycles. The summed E-state index contributed by atoms with van der Waals surface area (Å²) in [6.45, 7) is 4.18. The Bertz CT molecular complexity index is 855. The fraction of sp³-hybridized carbons (Fsp3) is 0.860. The molecule has 0 aromatic carbocycles. The molecule has 5 heteroatoms. The van der Waals surface area contributed by atoms with Gasteiger partial charge in [0.25, 0.3) is 0 Å². The minimum atomic E-state index is -1.11. The Morgan fingerprint density at radius 3 is 1.11 bits per heavy atom. The van der Waals surface area contributed by atoms with Crippen molar-refractivity contribution in [2.24, 2.45) is 0 Å². The topological polar surface area (TPSA) is 89.8 Å². The van der Waals surface area contributed by atoms with E-state index in [0.717, 1.165) is 44.9 Å². The lowest BCUT2D eigenvalue weighted by molar-refractivity contribution is -0.131. The number of amides is 1. The van der Waals surface area contributed by atoms with E-state index in [1.165, 1.54) is 186 Å². The molecule has 0 aliphatic rings. The van der Waals surface area contributed by atoms with Crippen molar-refractivity contribution in [1.29, 1.82) is 0 Å². The smallest absolute Gasteiger partial charge is 0.249 e. The lowest BCUT2D eigenvalue weighted by atomic mass is 10.0. The van der Waals surface area contributed by atoms with Gasteiger partial charge in [-0.3, -0.25) is 4.79 Å². The van der Waals surface area contributed by atoms with Gasteiger partial charge >= 0.3 is 0 Å². The van der Waals surface area contributed by atoms with Gasteiger partial charge in [-0.1, -0.05) is 243 Å². The molecule has 0 aliphatic carbocycles. The molecule has 0 saturated carbocycles. The molecular formula is C50H95NO4. The van der Waals surface area contributed by atoms with Crippen LogP contribution in [-0.4, -0.2) is 46.1 Å². The third-order valence-corrected chi connectivity index (χ3v) is 11.2. The maximum atomic E-state index is 12.5. The molecule has 0 aromatic heterocycles. The molecular weight excluding hydrogens is 679 g/mol. The second kappa shape index (κ2) is 45.3. The molecule has 0 saturated heterocycles. The van der Waals surface area contributed by atoms with E-state index in [4.69, 9.17) is 0 Å². The largest absolute Gasteiger partial charge is 0.394 e. The average molecular weight is 774 g/mol. The zero-order chi connectivity index (χ0) is 40.1. The minimum absolute atomic E-state index is 0.379. The van der Waals surface area contributed by atoms with Crippen LogP contribution in [0, 0.1) is 0 Å². The van der Waals surface area contributed by atoms with Gasteiger partial charge in [0.2, 0.25) is 5.91 Å². The predicted octanol–water partition coefficient (Wildman–Crippen LogP) is 14.3. The van der Waals surface area contributed by atoms with Gasteiger partial charge in [0.1, 0.15) is 6.10 Å². The van der Waals surface area contributed by atoms with Crippen molar-refractivity contribution in [3.63, 3.8) is 0 Å². The highest BCUT2D eigenvalue weighted by Gasteiger charge is 2.22. The van der Waals surface area contributed by atoms with Crippen LogP contribution in [0.1, 0.15) is 251 Å². The summed E-state index contributed by atoms with van der Waals surface area (Å²) in [5, 5.41) is 33.2. The molecule has 3 atom stereocenters. The molecule has 0 fully saturated rings. The average Bonchev–Trinajstić information content (AvgIpc) is 3.19. The first kappa shape index (κ1) is 53.6. The van der Waals surface area contributed by atoms with Crippen molar-refractivity contribution in [2.45, 2.75) is 270 Å². The van der Waals surface area contributed by atoms with Gasteiger partial charge in [0.05, 0.1) is 18.8 Å². The van der Waals surface area contributed by atoms with Crippen LogP contribution in [0.15, 0.2) is 36.5 Å². The summed E-state index contributed by atoms with van der Waals surface area (Å²) in [7, 11) is 0. The summed E-state index contributed by atoms with van der Waals surface area (Å²) in [6.07, 6.45) is 57.6. The van der Waals surface area contributed by atoms with E-state index >= 15 is 0 Å². The quantitative estimate of drug-likeness (QED) is 0.0367. The van der Waals surface area contributed by atoms with Crippen LogP contribution in [0.2, 0.25) is 0 Å². The van der Waals surface area contributed by atoms with Gasteiger partial charge in [0, 0.05) is 0 Å². The molecule has 0 rings (SSSR count). The fourth-order valence-corrected chi connectivity index (χ4v) is 7.39. The van der Waals surface area contributed by atoms with Gasteiger partial charge < -0.3 is 20.6 Å². The van der Waals surface area contributed by atoms with Crippen LogP contribution in [0.25, 0.3) is 0 Å². The molecule has 0 bridgehead atoms. The minimum Gasteiger partial charge on any atom is -0.394 e. The van der Waals surface area contributed by atoms with E-state index < -0.39 is 24.2 Å². The normalized spacial score (nSPS) is 13.8. The van der Waals surface area contributed by atoms with Gasteiger partial charge in [0.15, 0.2) is 0 Å². The Morgan fingerprint density at radius 1 is 0.436 bits per heavy atom. The Labute approximate surface area is 343 Å². The molecule has 5 nitrogen and oxygen atoms in total. The standard InChI is InChI=1S/C50H95NO4/c1-3-5-7-9-11-13-15-17-19-21-23-24-25-26-27-29-31-33-35-37-39-41-43-45-49(54)50(55)51-47(46-52)48(53)44-42-40-38-36-34-32-30-28-22-20-18-16-14-12-10-8-6-4-2/h22,28,34,36,42,44,47-49,52-54H,3-21,23-27,29-33,35,37-41,43,45-46H2,1-2H3,(H,51,55)/b28-22+,36-34+,44-42+. The Morgan fingerprint density at radius 2 is 0.745 bits per heavy atom. The zero-order valence-electron chi connectivity index (χ0n) is 36.8. The molecule has 55 heavy (non-hydrogen) atoms. The summed E-state index contributed by atoms with van der Waals surface area (Å²) < 4.78 is 0. The number of nitrogens with one attached hydrogen (secondary N) is 1. The Balaban J connectivity index is 3.66. The van der Waals surface area contributed by atoms with Crippen molar-refractivity contribution in [1.82, 2.24) is 5.32 Å². The van der Waals surface area contributed by atoms with Gasteiger partial charge in [-0.15, -0.1) is 0 Å². The van der Waals surface area contributed by atoms with Crippen molar-refractivity contribution in [2.75, 3.05) is 6.61 Å². The maximum absolute atomic E-state index is 12.5. The van der Waals surface area contributed by atoms with Crippen molar-refractivity contribution >= 4 is 5.91 Å². The molecule has 3 unspecified atom stereocenters. The predicted molar refractivity (Wildman–Crippen MR) is 241 cm³/mol. The highest BCUT2D eigenvalue weighted by atomic mass is 16.3. The number of hydrogen-bond acceptors (Lipinski definition) is 4. The molecule has 0 heterocycles. The highest BCUT2D eigenvalue weighted by molar-refractivity contribution is 5.80. The molecule has 0 spiro atoms. The van der Waals surface area contributed by atoms with E-state index in [2.05, 4.69) is 43.5 Å². The number of allylic oxidation sites excluding steroid dienone is 5. The second-order valence-corrected chi connectivity index (χ2v) is 16.7. The summed E-state index contributed by atoms with van der Waals surface area (Å²) in [5.74, 6) is -0.514. The Kier molecular flexibility index (Phi) is 44.1. The lowest BCUT2D eigenvalue weighted by Crippen LogP contribution is -2.48. The SMILES string of the molecule is CCCCCCCCCC/C=C/CC/C=C/CC/C=C/C(O)C(CO)NC(=O)C(O)CCCCCCCCCCCCCCCCCCCCCCCCC. The van der Waals surface area contributed by atoms with Crippen LogP contribution < -0.4 is 5.32 Å². The molecule has 1 amide bonds. The van der Waals surface area contributed by atoms with Crippen LogP contribution in [0.4, 0.5) is 0 Å². The van der Waals surface area contributed by atoms with Crippen molar-refractivity contribution < 1.29 is 20.1 Å². The van der Waals surface area contributed by atoms with Crippen LogP contribution in [0.3, 0.4) is 0 Å². The van der Waals surface area contributed by atoms with E-state index in [-0.39, 0.29) is 6.61 Å². The summed E-state index contributed by atoms with van der Waals surface area (Å²) in [5.41, 5.74) is 0. The maximum Gasteiger partial charge on any atom is 0.249 e. The fourth-order valence-electron chi connectivity index (χ4n) is 7.39. The number of carbonyl (C=O) groups excluding carboxylic acids is 1. The van der Waals surface area contributed by atoms with Crippen LogP contribution in [0.5, 0.6) is 0 Å². The van der Waals surface area contributed by atoms with Crippen molar-refractivity contribution in [3.05, 3.63) is 36.5 Å². The molecule has 0 radical (unpaired) electrons. The lowest BCUT2D eigenvalue weighted by Gasteiger charge is -2.21. The summed E-state index contributed by atoms with van der Waals surface area (Å²) >= 11 is 0. The van der Waals surface area contributed by atoms with Crippen molar-refractivity contribution in [3.8, 4) is 0 Å². The first-order valence-corrected chi connectivity index (χ1v) is 24.3. The van der Waals surface area contributed by atoms with Gasteiger partial charge in [-0.2, -0.15) is 0 Å². The molecule has 4 N–H and O–H groups in total. The first-order valence-electron chi connectivity index (χ1n) is 24.3. The number of rotatable bonds is 44. The number of aliphatic hydroxyl groups is 3. The number of hydrogen-bond donors (Lipinski definition) is 4. The monoisotopic (exact) mass is 774 g/mol. The van der Waals surface area contributed by atoms with Crippen LogP contribution in [-0.2, 0) is 4.79 Å². The summed E-state index contributed by atoms with van der Waals surface area (Å²) in [4.78, 5) is 12.5. The van der Waals surface area contributed by atoms with E-state index in [1.54, 1.807) is 6.08 Å². The first-order chi connectivity index (χ1) is 27.1. The molecule has 0 aromatic rings. The third-order valence-electron chi connectivity index (χ3n) is 11.2. The number of unbranched alkanes of at least 4 members (excludes halogenated alkanes) is 32. The van der Waals surface area contributed by atoms with E-state index in [0.29, 0.717) is 6.42 Å². The van der Waals surface area contributed by atoms with E-state index in [9.17, 15) is 20.1 Å². The summed E-state index contributed by atoms with van der Waals surface area (Å²) in [6, 6.07) is -0.819. The Hall–Kier alpha value is -1.43. The van der Waals surface area contributed by atoms with Crippen LogP contribution >= 0.6 is 0 Å². The van der Waals surface area contributed by atoms with Gasteiger partial charge in [-0.05, 0) is 44.9 Å². The zero-order valence-corrected chi connectivity index (χ0v) is 36.8. The van der Waals surface area contributed by atoms with Gasteiger partial charge in [-0.25, -0.2) is 0 Å².